The molecule has 1 unspecified atom stereocenters. The lowest BCUT2D eigenvalue weighted by Gasteiger charge is -2.34. The highest BCUT2D eigenvalue weighted by Crippen LogP contribution is 2.39. The second kappa shape index (κ2) is 4.84. The zero-order valence-corrected chi connectivity index (χ0v) is 11.2. The first kappa shape index (κ1) is 13.3. The Labute approximate surface area is 103 Å². The maximum atomic E-state index is 10.9. The molecular formula is C11H20O5S. The largest absolute Gasteiger partial charge is 0.347 e. The van der Waals surface area contributed by atoms with E-state index < -0.39 is 15.9 Å². The van der Waals surface area contributed by atoms with Gasteiger partial charge in [0.2, 0.25) is 0 Å². The van der Waals surface area contributed by atoms with Gasteiger partial charge in [-0.2, -0.15) is 8.42 Å². The van der Waals surface area contributed by atoms with E-state index in [4.69, 9.17) is 13.7 Å². The van der Waals surface area contributed by atoms with Crippen molar-refractivity contribution in [3.63, 3.8) is 0 Å². The maximum absolute atomic E-state index is 10.9. The number of rotatable bonds is 3. The Morgan fingerprint density at radius 3 is 2.59 bits per heavy atom. The third-order valence-corrected chi connectivity index (χ3v) is 3.98. The van der Waals surface area contributed by atoms with Gasteiger partial charge in [-0.15, -0.1) is 0 Å². The Balaban J connectivity index is 1.83. The minimum atomic E-state index is -3.40. The minimum Gasteiger partial charge on any atom is -0.347 e. The molecule has 1 atom stereocenters. The van der Waals surface area contributed by atoms with Crippen molar-refractivity contribution in [1.29, 1.82) is 0 Å². The molecule has 100 valence electrons. The van der Waals surface area contributed by atoms with E-state index in [1.807, 2.05) is 0 Å². The van der Waals surface area contributed by atoms with Gasteiger partial charge in [0.25, 0.3) is 10.1 Å². The smallest absolute Gasteiger partial charge is 0.264 e. The van der Waals surface area contributed by atoms with Crippen LogP contribution in [0, 0.1) is 5.92 Å². The van der Waals surface area contributed by atoms with Crippen LogP contribution < -0.4 is 0 Å². The lowest BCUT2D eigenvalue weighted by atomic mass is 9.86. The lowest BCUT2D eigenvalue weighted by molar-refractivity contribution is -0.193. The van der Waals surface area contributed by atoms with Gasteiger partial charge < -0.3 is 9.47 Å². The van der Waals surface area contributed by atoms with Gasteiger partial charge >= 0.3 is 0 Å². The quantitative estimate of drug-likeness (QED) is 0.719. The normalized spacial score (nSPS) is 38.7. The van der Waals surface area contributed by atoms with Crippen molar-refractivity contribution >= 4 is 10.1 Å². The van der Waals surface area contributed by atoms with Crippen LogP contribution in [0.3, 0.4) is 0 Å². The molecule has 5 nitrogen and oxygen atoms in total. The third-order valence-electron chi connectivity index (χ3n) is 3.42. The van der Waals surface area contributed by atoms with Crippen LogP contribution in [0.1, 0.15) is 32.6 Å². The van der Waals surface area contributed by atoms with Gasteiger partial charge in [0.15, 0.2) is 5.79 Å². The van der Waals surface area contributed by atoms with E-state index in [-0.39, 0.29) is 12.7 Å². The summed E-state index contributed by atoms with van der Waals surface area (Å²) >= 11 is 0. The molecule has 17 heavy (non-hydrogen) atoms. The van der Waals surface area contributed by atoms with Gasteiger partial charge in [0.05, 0.1) is 19.5 Å². The van der Waals surface area contributed by atoms with Crippen LogP contribution in [0.2, 0.25) is 0 Å². The molecule has 1 saturated heterocycles. The monoisotopic (exact) mass is 264 g/mol. The molecule has 2 fully saturated rings. The predicted molar refractivity (Wildman–Crippen MR) is 62.0 cm³/mol. The number of hydrogen-bond donors (Lipinski definition) is 0. The molecule has 1 saturated carbocycles. The molecule has 0 amide bonds. The van der Waals surface area contributed by atoms with Crippen molar-refractivity contribution < 1.29 is 22.1 Å². The molecule has 0 aromatic rings. The number of ether oxygens (including phenoxy) is 2. The molecule has 0 radical (unpaired) electrons. The van der Waals surface area contributed by atoms with E-state index in [2.05, 4.69) is 6.92 Å². The van der Waals surface area contributed by atoms with Crippen LogP contribution in [0.4, 0.5) is 0 Å². The molecular weight excluding hydrogens is 244 g/mol. The summed E-state index contributed by atoms with van der Waals surface area (Å²) in [7, 11) is -3.40. The molecule has 0 N–H and O–H groups in total. The van der Waals surface area contributed by atoms with E-state index in [0.717, 1.165) is 37.9 Å². The summed E-state index contributed by atoms with van der Waals surface area (Å²) in [6.07, 6.45) is 4.76. The average molecular weight is 264 g/mol. The highest BCUT2D eigenvalue weighted by molar-refractivity contribution is 7.85. The molecule has 0 aromatic heterocycles. The van der Waals surface area contributed by atoms with Crippen LogP contribution in [0.5, 0.6) is 0 Å². The van der Waals surface area contributed by atoms with Crippen LogP contribution in [0.25, 0.3) is 0 Å². The Kier molecular flexibility index (Phi) is 3.77. The standard InChI is InChI=1S/C11H20O5S/c1-9-3-5-11(6-4-9)14-7-10(16-11)8-15-17(2,12)13/h9-10H,3-8H2,1-2H3. The van der Waals surface area contributed by atoms with Crippen molar-refractivity contribution in [2.75, 3.05) is 19.5 Å². The van der Waals surface area contributed by atoms with Crippen molar-refractivity contribution in [3.05, 3.63) is 0 Å². The van der Waals surface area contributed by atoms with Crippen LogP contribution in [-0.2, 0) is 23.8 Å². The summed E-state index contributed by atoms with van der Waals surface area (Å²) in [4.78, 5) is 0. The van der Waals surface area contributed by atoms with Crippen molar-refractivity contribution in [3.8, 4) is 0 Å². The fraction of sp³-hybridized carbons (Fsp3) is 1.00. The van der Waals surface area contributed by atoms with Crippen LogP contribution >= 0.6 is 0 Å². The van der Waals surface area contributed by atoms with Gasteiger partial charge in [0, 0.05) is 12.8 Å². The highest BCUT2D eigenvalue weighted by atomic mass is 32.2. The summed E-state index contributed by atoms with van der Waals surface area (Å²) < 4.78 is 38.0. The predicted octanol–water partition coefficient (Wildman–Crippen LogP) is 1.28. The van der Waals surface area contributed by atoms with Gasteiger partial charge in [-0.1, -0.05) is 6.92 Å². The summed E-state index contributed by atoms with van der Waals surface area (Å²) in [6.45, 7) is 2.70. The van der Waals surface area contributed by atoms with Crippen molar-refractivity contribution in [1.82, 2.24) is 0 Å². The zero-order chi connectivity index (χ0) is 12.5. The SMILES string of the molecule is CC1CCC2(CC1)OCC(COS(C)(=O)=O)O2. The van der Waals surface area contributed by atoms with E-state index in [1.54, 1.807) is 0 Å². The third kappa shape index (κ3) is 3.64. The summed E-state index contributed by atoms with van der Waals surface area (Å²) in [6, 6.07) is 0. The summed E-state index contributed by atoms with van der Waals surface area (Å²) in [5.41, 5.74) is 0. The first-order valence-corrected chi connectivity index (χ1v) is 7.86. The minimum absolute atomic E-state index is 0.0517. The Bertz CT molecular complexity index is 356. The Morgan fingerprint density at radius 1 is 1.35 bits per heavy atom. The summed E-state index contributed by atoms with van der Waals surface area (Å²) in [5.74, 6) is 0.247. The molecule has 2 aliphatic rings. The highest BCUT2D eigenvalue weighted by Gasteiger charge is 2.43. The second-order valence-corrected chi connectivity index (χ2v) is 6.78. The molecule has 6 heteroatoms. The van der Waals surface area contributed by atoms with E-state index >= 15 is 0 Å². The first-order valence-electron chi connectivity index (χ1n) is 6.05. The van der Waals surface area contributed by atoms with Crippen LogP contribution in [-0.4, -0.2) is 39.8 Å². The van der Waals surface area contributed by atoms with Gasteiger partial charge in [0.1, 0.15) is 6.10 Å². The molecule has 1 heterocycles. The Hall–Kier alpha value is -0.170. The van der Waals surface area contributed by atoms with E-state index in [1.165, 1.54) is 0 Å². The van der Waals surface area contributed by atoms with Gasteiger partial charge in [-0.3, -0.25) is 4.18 Å². The van der Waals surface area contributed by atoms with Gasteiger partial charge in [-0.05, 0) is 18.8 Å². The molecule has 0 aromatic carbocycles. The fourth-order valence-electron chi connectivity index (χ4n) is 2.36. The summed E-state index contributed by atoms with van der Waals surface area (Å²) in [5, 5.41) is 0. The van der Waals surface area contributed by atoms with Gasteiger partial charge in [-0.25, -0.2) is 0 Å². The average Bonchev–Trinajstić information content (AvgIpc) is 2.63. The molecule has 1 aliphatic heterocycles. The van der Waals surface area contributed by atoms with Crippen LogP contribution in [0.15, 0.2) is 0 Å². The molecule has 1 aliphatic carbocycles. The van der Waals surface area contributed by atoms with E-state index in [9.17, 15) is 8.42 Å². The maximum Gasteiger partial charge on any atom is 0.264 e. The second-order valence-electron chi connectivity index (χ2n) is 5.13. The van der Waals surface area contributed by atoms with Crippen molar-refractivity contribution in [2.24, 2.45) is 5.92 Å². The van der Waals surface area contributed by atoms with Crippen molar-refractivity contribution in [2.45, 2.75) is 44.5 Å². The van der Waals surface area contributed by atoms with E-state index in [0.29, 0.717) is 6.61 Å². The molecule has 1 spiro atoms. The topological polar surface area (TPSA) is 61.8 Å². The first-order chi connectivity index (χ1) is 7.89. The number of hydrogen-bond acceptors (Lipinski definition) is 5. The molecule has 2 rings (SSSR count). The zero-order valence-electron chi connectivity index (χ0n) is 10.3. The fourth-order valence-corrected chi connectivity index (χ4v) is 2.76. The molecule has 0 bridgehead atoms. The lowest BCUT2D eigenvalue weighted by Crippen LogP contribution is -2.36. The Morgan fingerprint density at radius 2 is 2.00 bits per heavy atom.